The van der Waals surface area contributed by atoms with E-state index in [1.54, 1.807) is 29.7 Å². The Kier molecular flexibility index (Phi) is 3.96. The molecule has 2 aromatic heterocycles. The highest BCUT2D eigenvalue weighted by atomic mass is 32.1. The number of aryl methyl sites for hydroxylation is 1. The Morgan fingerprint density at radius 3 is 2.95 bits per heavy atom. The number of hydrogen-bond acceptors (Lipinski definition) is 6. The summed E-state index contributed by atoms with van der Waals surface area (Å²) in [5.41, 5.74) is 9.07. The van der Waals surface area contributed by atoms with Crippen LogP contribution in [-0.2, 0) is 6.54 Å². The first-order chi connectivity index (χ1) is 9.11. The van der Waals surface area contributed by atoms with Gasteiger partial charge in [-0.1, -0.05) is 5.16 Å². The van der Waals surface area contributed by atoms with Gasteiger partial charge in [-0.25, -0.2) is 9.97 Å². The molecule has 2 rings (SSSR count). The van der Waals surface area contributed by atoms with Crippen LogP contribution in [0.15, 0.2) is 29.0 Å². The van der Waals surface area contributed by atoms with Crippen LogP contribution in [0.3, 0.4) is 0 Å². The van der Waals surface area contributed by atoms with Crippen molar-refractivity contribution in [3.8, 4) is 0 Å². The first kappa shape index (κ1) is 13.3. The zero-order valence-corrected chi connectivity index (χ0v) is 11.6. The highest BCUT2D eigenvalue weighted by Gasteiger charge is 2.09. The lowest BCUT2D eigenvalue weighted by molar-refractivity contribution is 0.318. The molecule has 6 nitrogen and oxygen atoms in total. The fraction of sp³-hybridized carbons (Fsp3) is 0.250. The fourth-order valence-electron chi connectivity index (χ4n) is 1.62. The largest absolute Gasteiger partial charge is 0.409 e. The van der Waals surface area contributed by atoms with Crippen LogP contribution in [0.2, 0.25) is 0 Å². The highest BCUT2D eigenvalue weighted by Crippen LogP contribution is 2.18. The van der Waals surface area contributed by atoms with Gasteiger partial charge in [0.2, 0.25) is 0 Å². The molecule has 2 aromatic rings. The molecule has 0 aliphatic rings. The van der Waals surface area contributed by atoms with Crippen molar-refractivity contribution in [2.75, 3.05) is 11.9 Å². The van der Waals surface area contributed by atoms with Gasteiger partial charge >= 0.3 is 0 Å². The summed E-state index contributed by atoms with van der Waals surface area (Å²) in [4.78, 5) is 11.7. The Morgan fingerprint density at radius 1 is 1.53 bits per heavy atom. The van der Waals surface area contributed by atoms with Gasteiger partial charge in [0.05, 0.1) is 17.7 Å². The molecular formula is C12H15N5OS. The van der Waals surface area contributed by atoms with Gasteiger partial charge in [0.15, 0.2) is 5.84 Å². The standard InChI is InChI=1S/C12H15N5OS/c1-8-10(19-7-15-8)6-17(2)11-5-9(3-4-14-11)12(13)16-18/h3-5,7,18H,6H2,1-2H3,(H2,13,16). The van der Waals surface area contributed by atoms with Crippen molar-refractivity contribution in [1.29, 1.82) is 0 Å². The molecule has 0 saturated heterocycles. The van der Waals surface area contributed by atoms with Gasteiger partial charge in [-0.2, -0.15) is 0 Å². The van der Waals surface area contributed by atoms with E-state index in [1.807, 2.05) is 24.4 Å². The van der Waals surface area contributed by atoms with Gasteiger partial charge in [-0.15, -0.1) is 11.3 Å². The molecule has 7 heteroatoms. The van der Waals surface area contributed by atoms with Crippen LogP contribution in [0.4, 0.5) is 5.82 Å². The SMILES string of the molecule is Cc1ncsc1CN(C)c1cc(C(N)=NO)ccn1. The van der Waals surface area contributed by atoms with Gasteiger partial charge in [0, 0.05) is 23.7 Å². The summed E-state index contributed by atoms with van der Waals surface area (Å²) in [7, 11) is 1.94. The molecule has 19 heavy (non-hydrogen) atoms. The maximum absolute atomic E-state index is 8.68. The van der Waals surface area contributed by atoms with Gasteiger partial charge in [0.25, 0.3) is 0 Å². The van der Waals surface area contributed by atoms with Crippen LogP contribution in [0.5, 0.6) is 0 Å². The number of aromatic nitrogens is 2. The zero-order valence-electron chi connectivity index (χ0n) is 10.7. The molecule has 2 heterocycles. The molecule has 0 bridgehead atoms. The smallest absolute Gasteiger partial charge is 0.170 e. The second-order valence-electron chi connectivity index (χ2n) is 4.10. The van der Waals surface area contributed by atoms with Crippen molar-refractivity contribution >= 4 is 23.0 Å². The van der Waals surface area contributed by atoms with E-state index < -0.39 is 0 Å². The number of rotatable bonds is 4. The maximum Gasteiger partial charge on any atom is 0.170 e. The van der Waals surface area contributed by atoms with Gasteiger partial charge < -0.3 is 15.8 Å². The minimum atomic E-state index is 0.0750. The van der Waals surface area contributed by atoms with E-state index in [0.29, 0.717) is 5.56 Å². The molecule has 3 N–H and O–H groups in total. The Balaban J connectivity index is 2.20. The fourth-order valence-corrected chi connectivity index (χ4v) is 2.45. The number of anilines is 1. The minimum absolute atomic E-state index is 0.0750. The van der Waals surface area contributed by atoms with Gasteiger partial charge in [0.1, 0.15) is 5.82 Å². The number of nitrogens with two attached hydrogens (primary N) is 1. The van der Waals surface area contributed by atoms with Crippen LogP contribution >= 0.6 is 11.3 Å². The van der Waals surface area contributed by atoms with Gasteiger partial charge in [-0.3, -0.25) is 0 Å². The first-order valence-electron chi connectivity index (χ1n) is 5.66. The molecule has 0 atom stereocenters. The van der Waals surface area contributed by atoms with E-state index in [-0.39, 0.29) is 5.84 Å². The molecule has 0 fully saturated rings. The number of hydrogen-bond donors (Lipinski definition) is 2. The third-order valence-electron chi connectivity index (χ3n) is 2.77. The predicted molar refractivity (Wildman–Crippen MR) is 75.7 cm³/mol. The maximum atomic E-state index is 8.68. The van der Waals surface area contributed by atoms with Crippen LogP contribution in [0.25, 0.3) is 0 Å². The molecule has 100 valence electrons. The van der Waals surface area contributed by atoms with Crippen LogP contribution in [0, 0.1) is 6.92 Å². The number of thiazole rings is 1. The molecule has 0 saturated carbocycles. The molecule has 0 radical (unpaired) electrons. The number of pyridine rings is 1. The van der Waals surface area contributed by atoms with E-state index in [4.69, 9.17) is 10.9 Å². The van der Waals surface area contributed by atoms with E-state index in [0.717, 1.165) is 18.1 Å². The van der Waals surface area contributed by atoms with E-state index in [9.17, 15) is 0 Å². The third-order valence-corrected chi connectivity index (χ3v) is 3.69. The lowest BCUT2D eigenvalue weighted by Crippen LogP contribution is -2.19. The number of amidine groups is 1. The summed E-state index contributed by atoms with van der Waals surface area (Å²) >= 11 is 1.62. The summed E-state index contributed by atoms with van der Waals surface area (Å²) < 4.78 is 0. The predicted octanol–water partition coefficient (Wildman–Crippen LogP) is 1.58. The topological polar surface area (TPSA) is 87.6 Å². The Hall–Kier alpha value is -2.15. The Labute approximate surface area is 115 Å². The Morgan fingerprint density at radius 2 is 2.32 bits per heavy atom. The van der Waals surface area contributed by atoms with Crippen molar-refractivity contribution in [3.63, 3.8) is 0 Å². The second-order valence-corrected chi connectivity index (χ2v) is 5.04. The number of oxime groups is 1. The average molecular weight is 277 g/mol. The molecule has 0 aliphatic heterocycles. The lowest BCUT2D eigenvalue weighted by Gasteiger charge is -2.18. The number of nitrogens with zero attached hydrogens (tertiary/aromatic N) is 4. The van der Waals surface area contributed by atoms with Crippen molar-refractivity contribution in [2.24, 2.45) is 10.9 Å². The van der Waals surface area contributed by atoms with Gasteiger partial charge in [-0.05, 0) is 19.1 Å². The molecular weight excluding hydrogens is 262 g/mol. The summed E-state index contributed by atoms with van der Waals surface area (Å²) in [5.74, 6) is 0.836. The summed E-state index contributed by atoms with van der Waals surface area (Å²) in [6, 6.07) is 3.48. The van der Waals surface area contributed by atoms with E-state index in [2.05, 4.69) is 15.1 Å². The summed E-state index contributed by atoms with van der Waals surface area (Å²) in [6.07, 6.45) is 1.64. The lowest BCUT2D eigenvalue weighted by atomic mass is 10.2. The molecule has 0 amide bonds. The molecule has 0 aliphatic carbocycles. The first-order valence-corrected chi connectivity index (χ1v) is 6.54. The van der Waals surface area contributed by atoms with E-state index in [1.165, 1.54) is 4.88 Å². The van der Waals surface area contributed by atoms with E-state index >= 15 is 0 Å². The van der Waals surface area contributed by atoms with Crippen LogP contribution in [-0.4, -0.2) is 28.1 Å². The van der Waals surface area contributed by atoms with Crippen LogP contribution in [0.1, 0.15) is 16.1 Å². The summed E-state index contributed by atoms with van der Waals surface area (Å²) in [6.45, 7) is 2.71. The molecule has 0 spiro atoms. The van der Waals surface area contributed by atoms with Crippen molar-refractivity contribution in [1.82, 2.24) is 9.97 Å². The second kappa shape index (κ2) is 5.66. The zero-order chi connectivity index (χ0) is 13.8. The minimum Gasteiger partial charge on any atom is -0.409 e. The quantitative estimate of drug-likeness (QED) is 0.383. The molecule has 0 unspecified atom stereocenters. The van der Waals surface area contributed by atoms with Crippen molar-refractivity contribution in [3.05, 3.63) is 40.0 Å². The average Bonchev–Trinajstić information content (AvgIpc) is 2.83. The Bertz CT molecular complexity index is 595. The molecule has 0 aromatic carbocycles. The van der Waals surface area contributed by atoms with Crippen LogP contribution < -0.4 is 10.6 Å². The normalized spacial score (nSPS) is 11.6. The monoisotopic (exact) mass is 277 g/mol. The van der Waals surface area contributed by atoms with Crippen molar-refractivity contribution < 1.29 is 5.21 Å². The highest BCUT2D eigenvalue weighted by molar-refractivity contribution is 7.09. The third kappa shape index (κ3) is 3.00. The van der Waals surface area contributed by atoms with Crippen molar-refractivity contribution in [2.45, 2.75) is 13.5 Å². The summed E-state index contributed by atoms with van der Waals surface area (Å²) in [5, 5.41) is 11.7.